The van der Waals surface area contributed by atoms with Gasteiger partial charge in [0.15, 0.2) is 5.82 Å². The van der Waals surface area contributed by atoms with Crippen molar-refractivity contribution in [3.8, 4) is 11.5 Å². The van der Waals surface area contributed by atoms with Crippen molar-refractivity contribution in [2.24, 2.45) is 0 Å². The van der Waals surface area contributed by atoms with E-state index in [9.17, 15) is 9.59 Å². The molecular weight excluding hydrogens is 320 g/mol. The zero-order chi connectivity index (χ0) is 17.2. The minimum absolute atomic E-state index is 0.120. The van der Waals surface area contributed by atoms with E-state index in [0.29, 0.717) is 41.3 Å². The Balaban J connectivity index is 1.64. The zero-order valence-electron chi connectivity index (χ0n) is 13.2. The molecule has 1 amide bonds. The molecule has 0 aromatic carbocycles. The van der Waals surface area contributed by atoms with E-state index in [1.54, 1.807) is 48.0 Å². The monoisotopic (exact) mass is 334 g/mol. The summed E-state index contributed by atoms with van der Waals surface area (Å²) in [4.78, 5) is 46.0. The maximum atomic E-state index is 12.6. The summed E-state index contributed by atoms with van der Waals surface area (Å²) in [6.45, 7) is 0.740. The predicted octanol–water partition coefficient (Wildman–Crippen LogP) is 0.820. The SMILES string of the molecule is O=C(c1ccncc1)N1CCc2nc(-c3cnccn3)[nH]c(=O)c2C1. The summed E-state index contributed by atoms with van der Waals surface area (Å²) in [5, 5.41) is 0. The van der Waals surface area contributed by atoms with E-state index in [1.165, 1.54) is 0 Å². The van der Waals surface area contributed by atoms with Crippen LogP contribution in [0.1, 0.15) is 21.6 Å². The molecule has 4 heterocycles. The highest BCUT2D eigenvalue weighted by molar-refractivity contribution is 5.94. The van der Waals surface area contributed by atoms with E-state index in [1.807, 2.05) is 0 Å². The highest BCUT2D eigenvalue weighted by Gasteiger charge is 2.25. The van der Waals surface area contributed by atoms with Gasteiger partial charge in [0.1, 0.15) is 5.69 Å². The first-order chi connectivity index (χ1) is 12.2. The summed E-state index contributed by atoms with van der Waals surface area (Å²) in [5.41, 5.74) is 2.03. The van der Waals surface area contributed by atoms with E-state index in [4.69, 9.17) is 0 Å². The van der Waals surface area contributed by atoms with Crippen molar-refractivity contribution in [1.82, 2.24) is 29.8 Å². The van der Waals surface area contributed by atoms with E-state index < -0.39 is 0 Å². The van der Waals surface area contributed by atoms with Crippen molar-refractivity contribution >= 4 is 5.91 Å². The van der Waals surface area contributed by atoms with Crippen molar-refractivity contribution in [1.29, 1.82) is 0 Å². The van der Waals surface area contributed by atoms with Gasteiger partial charge in [-0.15, -0.1) is 0 Å². The first kappa shape index (κ1) is 15.1. The Hall–Kier alpha value is -3.42. The lowest BCUT2D eigenvalue weighted by atomic mass is 10.1. The van der Waals surface area contributed by atoms with Crippen molar-refractivity contribution in [3.63, 3.8) is 0 Å². The quantitative estimate of drug-likeness (QED) is 0.744. The van der Waals surface area contributed by atoms with Gasteiger partial charge >= 0.3 is 0 Å². The third kappa shape index (κ3) is 2.89. The van der Waals surface area contributed by atoms with Crippen molar-refractivity contribution < 1.29 is 4.79 Å². The maximum absolute atomic E-state index is 12.6. The molecule has 124 valence electrons. The highest BCUT2D eigenvalue weighted by atomic mass is 16.2. The highest BCUT2D eigenvalue weighted by Crippen LogP contribution is 2.18. The predicted molar refractivity (Wildman–Crippen MR) is 88.6 cm³/mol. The second-order valence-corrected chi connectivity index (χ2v) is 5.64. The maximum Gasteiger partial charge on any atom is 0.256 e. The lowest BCUT2D eigenvalue weighted by Crippen LogP contribution is -2.39. The standard InChI is InChI=1S/C17H14N6O2/c24-16-12-10-23(17(25)11-1-4-18-5-2-11)8-3-13(12)21-15(22-16)14-9-19-6-7-20-14/h1-2,4-7,9H,3,8,10H2,(H,21,22,24). The number of carbonyl (C=O) groups is 1. The molecule has 0 radical (unpaired) electrons. The van der Waals surface area contributed by atoms with Crippen LogP contribution < -0.4 is 5.56 Å². The number of nitrogens with zero attached hydrogens (tertiary/aromatic N) is 5. The van der Waals surface area contributed by atoms with E-state index >= 15 is 0 Å². The average molecular weight is 334 g/mol. The van der Waals surface area contributed by atoms with Crippen LogP contribution in [0.25, 0.3) is 11.5 Å². The van der Waals surface area contributed by atoms with Crippen molar-refractivity contribution in [3.05, 3.63) is 70.3 Å². The molecule has 8 nitrogen and oxygen atoms in total. The smallest absolute Gasteiger partial charge is 0.256 e. The number of nitrogens with one attached hydrogen (secondary N) is 1. The molecule has 0 fully saturated rings. The molecule has 3 aromatic rings. The van der Waals surface area contributed by atoms with Crippen LogP contribution in [0.5, 0.6) is 0 Å². The fraction of sp³-hybridized carbons (Fsp3) is 0.176. The van der Waals surface area contributed by atoms with Gasteiger partial charge in [-0.2, -0.15) is 0 Å². The molecule has 0 aliphatic carbocycles. The molecule has 0 spiro atoms. The van der Waals surface area contributed by atoms with E-state index in [-0.39, 0.29) is 18.0 Å². The van der Waals surface area contributed by atoms with Crippen LogP contribution in [0.15, 0.2) is 47.9 Å². The molecule has 1 N–H and O–H groups in total. The van der Waals surface area contributed by atoms with Crippen LogP contribution in [0.4, 0.5) is 0 Å². The van der Waals surface area contributed by atoms with Crippen LogP contribution in [0.2, 0.25) is 0 Å². The molecule has 0 bridgehead atoms. The Bertz CT molecular complexity index is 971. The van der Waals surface area contributed by atoms with Gasteiger partial charge in [-0.05, 0) is 12.1 Å². The van der Waals surface area contributed by atoms with Gasteiger partial charge in [0.2, 0.25) is 0 Å². The first-order valence-corrected chi connectivity index (χ1v) is 7.80. The number of aromatic nitrogens is 5. The normalized spacial score (nSPS) is 13.4. The number of pyridine rings is 1. The summed E-state index contributed by atoms with van der Waals surface area (Å²) in [6.07, 6.45) is 8.32. The Morgan fingerprint density at radius 3 is 2.72 bits per heavy atom. The zero-order valence-corrected chi connectivity index (χ0v) is 13.2. The minimum Gasteiger partial charge on any atom is -0.334 e. The Kier molecular flexibility index (Phi) is 3.77. The number of amides is 1. The molecule has 3 aromatic heterocycles. The van der Waals surface area contributed by atoms with Crippen LogP contribution in [-0.4, -0.2) is 42.3 Å². The number of H-pyrrole nitrogens is 1. The number of hydrogen-bond donors (Lipinski definition) is 1. The first-order valence-electron chi connectivity index (χ1n) is 7.80. The van der Waals surface area contributed by atoms with E-state index in [0.717, 1.165) is 0 Å². The molecular formula is C17H14N6O2. The molecule has 0 unspecified atom stereocenters. The van der Waals surface area contributed by atoms with Crippen LogP contribution in [0, 0.1) is 0 Å². The third-order valence-electron chi connectivity index (χ3n) is 4.09. The summed E-state index contributed by atoms with van der Waals surface area (Å²) in [6, 6.07) is 3.33. The largest absolute Gasteiger partial charge is 0.334 e. The molecule has 0 saturated heterocycles. The van der Waals surface area contributed by atoms with Gasteiger partial charge in [-0.3, -0.25) is 19.6 Å². The van der Waals surface area contributed by atoms with Crippen molar-refractivity contribution in [2.75, 3.05) is 6.54 Å². The van der Waals surface area contributed by atoms with Crippen LogP contribution >= 0.6 is 0 Å². The summed E-state index contributed by atoms with van der Waals surface area (Å²) in [7, 11) is 0. The molecule has 1 aliphatic heterocycles. The number of hydrogen-bond acceptors (Lipinski definition) is 6. The topological polar surface area (TPSA) is 105 Å². The Morgan fingerprint density at radius 1 is 1.12 bits per heavy atom. The minimum atomic E-state index is -0.252. The van der Waals surface area contributed by atoms with Gasteiger partial charge in [0.05, 0.1) is 24.0 Å². The fourth-order valence-corrected chi connectivity index (χ4v) is 2.82. The van der Waals surface area contributed by atoms with Crippen LogP contribution in [0.3, 0.4) is 0 Å². The summed E-state index contributed by atoms with van der Waals surface area (Å²) in [5.74, 6) is 0.274. The lowest BCUT2D eigenvalue weighted by Gasteiger charge is -2.27. The van der Waals surface area contributed by atoms with Gasteiger partial charge in [-0.25, -0.2) is 9.97 Å². The second-order valence-electron chi connectivity index (χ2n) is 5.64. The number of aromatic amines is 1. The molecule has 8 heteroatoms. The van der Waals surface area contributed by atoms with Gasteiger partial charge in [0.25, 0.3) is 11.5 Å². The number of rotatable bonds is 2. The van der Waals surface area contributed by atoms with Gasteiger partial charge in [0, 0.05) is 43.3 Å². The average Bonchev–Trinajstić information content (AvgIpc) is 2.68. The Morgan fingerprint density at radius 2 is 1.96 bits per heavy atom. The molecule has 0 saturated carbocycles. The van der Waals surface area contributed by atoms with Crippen LogP contribution in [-0.2, 0) is 13.0 Å². The van der Waals surface area contributed by atoms with Gasteiger partial charge < -0.3 is 9.88 Å². The van der Waals surface area contributed by atoms with E-state index in [2.05, 4.69) is 24.9 Å². The van der Waals surface area contributed by atoms with Gasteiger partial charge in [-0.1, -0.05) is 0 Å². The second kappa shape index (κ2) is 6.23. The lowest BCUT2D eigenvalue weighted by molar-refractivity contribution is 0.0732. The summed E-state index contributed by atoms with van der Waals surface area (Å²) < 4.78 is 0. The molecule has 25 heavy (non-hydrogen) atoms. The molecule has 0 atom stereocenters. The Labute approximate surface area is 142 Å². The summed E-state index contributed by atoms with van der Waals surface area (Å²) >= 11 is 0. The number of fused-ring (bicyclic) bond motifs is 1. The van der Waals surface area contributed by atoms with Crippen molar-refractivity contribution in [2.45, 2.75) is 13.0 Å². The molecule has 4 rings (SSSR count). The third-order valence-corrected chi connectivity index (χ3v) is 4.09. The fourth-order valence-electron chi connectivity index (χ4n) is 2.82. The molecule has 1 aliphatic rings. The number of carbonyl (C=O) groups excluding carboxylic acids is 1.